The topological polar surface area (TPSA) is 109 Å². The predicted octanol–water partition coefficient (Wildman–Crippen LogP) is 3.25. The number of aliphatic hydroxyl groups is 1. The quantitative estimate of drug-likeness (QED) is 0.465. The molecule has 0 saturated carbocycles. The number of alkyl halides is 2. The Bertz CT molecular complexity index is 1230. The van der Waals surface area contributed by atoms with Gasteiger partial charge in [0.1, 0.15) is 18.1 Å². The number of nitrogens with one attached hydrogen (secondary N) is 1. The van der Waals surface area contributed by atoms with Gasteiger partial charge in [0.05, 0.1) is 54.3 Å². The van der Waals surface area contributed by atoms with Crippen LogP contribution in [0.1, 0.15) is 42.6 Å². The fourth-order valence-corrected chi connectivity index (χ4v) is 5.05. The van der Waals surface area contributed by atoms with Gasteiger partial charge in [0, 0.05) is 17.5 Å². The summed E-state index contributed by atoms with van der Waals surface area (Å²) in [7, 11) is 0. The molecule has 2 saturated heterocycles. The Morgan fingerprint density at radius 2 is 2.00 bits per heavy atom. The highest BCUT2D eigenvalue weighted by molar-refractivity contribution is 5.92. The molecule has 0 radical (unpaired) electrons. The number of aliphatic hydroxyl groups excluding tert-OH is 1. The van der Waals surface area contributed by atoms with Crippen LogP contribution in [0.2, 0.25) is 0 Å². The third-order valence-corrected chi connectivity index (χ3v) is 6.85. The maximum Gasteiger partial charge on any atom is 0.298 e. The Kier molecular flexibility index (Phi) is 6.24. The second kappa shape index (κ2) is 9.21. The monoisotopic (exact) mass is 488 g/mol. The lowest BCUT2D eigenvalue weighted by atomic mass is 10.00. The van der Waals surface area contributed by atoms with Crippen molar-refractivity contribution in [3.63, 3.8) is 0 Å². The number of anilines is 2. The smallest absolute Gasteiger partial charge is 0.298 e. The van der Waals surface area contributed by atoms with Crippen molar-refractivity contribution in [1.29, 1.82) is 0 Å². The molecule has 4 N–H and O–H groups in total. The van der Waals surface area contributed by atoms with Crippen molar-refractivity contribution in [3.05, 3.63) is 53.1 Å². The highest BCUT2D eigenvalue weighted by Crippen LogP contribution is 2.37. The molecule has 186 valence electrons. The van der Waals surface area contributed by atoms with E-state index in [-0.39, 0.29) is 24.2 Å². The number of hydrogen-bond donors (Lipinski definition) is 3. The van der Waals surface area contributed by atoms with E-state index >= 15 is 4.39 Å². The fourth-order valence-electron chi connectivity index (χ4n) is 5.05. The summed E-state index contributed by atoms with van der Waals surface area (Å²) in [4.78, 5) is 6.96. The Morgan fingerprint density at radius 1 is 1.26 bits per heavy atom. The van der Waals surface area contributed by atoms with Gasteiger partial charge in [0.2, 0.25) is 0 Å². The highest BCUT2D eigenvalue weighted by Gasteiger charge is 2.38. The first-order valence-electron chi connectivity index (χ1n) is 11.6. The summed E-state index contributed by atoms with van der Waals surface area (Å²) in [6.45, 7) is 1.62. The first-order chi connectivity index (χ1) is 16.8. The van der Waals surface area contributed by atoms with Crippen LogP contribution in [0.4, 0.5) is 24.7 Å². The average molecular weight is 489 g/mol. The second-order valence-electron chi connectivity index (χ2n) is 9.06. The van der Waals surface area contributed by atoms with Crippen LogP contribution in [-0.2, 0) is 17.2 Å². The van der Waals surface area contributed by atoms with E-state index in [2.05, 4.69) is 25.4 Å². The minimum Gasteiger partial charge on any atom is -0.390 e. The van der Waals surface area contributed by atoms with Crippen molar-refractivity contribution in [2.24, 2.45) is 5.73 Å². The fraction of sp³-hybridized carbons (Fsp3) is 0.458. The van der Waals surface area contributed by atoms with Crippen LogP contribution in [0.5, 0.6) is 0 Å². The van der Waals surface area contributed by atoms with Gasteiger partial charge in [-0.05, 0) is 31.9 Å². The van der Waals surface area contributed by atoms with Crippen molar-refractivity contribution >= 4 is 22.4 Å². The number of rotatable bonds is 7. The SMILES string of the molecule is C[C@@H](Nc1nnc(CN)c2ncc(N3C4CCC3COC4)cc12)c1cccc(C(F)(F)CO)c1F. The van der Waals surface area contributed by atoms with Crippen molar-refractivity contribution in [2.45, 2.75) is 50.4 Å². The highest BCUT2D eigenvalue weighted by atomic mass is 19.3. The van der Waals surface area contributed by atoms with Gasteiger partial charge in [-0.3, -0.25) is 4.98 Å². The van der Waals surface area contributed by atoms with E-state index in [0.29, 0.717) is 35.6 Å². The maximum absolute atomic E-state index is 15.0. The van der Waals surface area contributed by atoms with Crippen molar-refractivity contribution in [2.75, 3.05) is 30.0 Å². The summed E-state index contributed by atoms with van der Waals surface area (Å²) in [6, 6.07) is 5.52. The van der Waals surface area contributed by atoms with Gasteiger partial charge in [0.15, 0.2) is 5.82 Å². The molecule has 2 aromatic heterocycles. The molecule has 4 heterocycles. The standard InChI is InChI=1S/C24H27F3N6O2/c1-13(17-3-2-4-19(21(17)25)24(26,27)12-34)30-23-18-7-16(9-29-22(18)20(8-28)31-32-23)33-14-5-6-15(33)11-35-10-14/h2-4,7,9,13-15,34H,5-6,8,10-12,28H2,1H3,(H,30,32)/t13-,14?,15?/m1/s1. The summed E-state index contributed by atoms with van der Waals surface area (Å²) in [5.74, 6) is -4.42. The van der Waals surface area contributed by atoms with E-state index in [0.717, 1.165) is 24.6 Å². The molecule has 2 unspecified atom stereocenters. The van der Waals surface area contributed by atoms with Crippen LogP contribution in [0.25, 0.3) is 10.9 Å². The van der Waals surface area contributed by atoms with E-state index in [9.17, 15) is 8.78 Å². The van der Waals surface area contributed by atoms with Crippen molar-refractivity contribution in [1.82, 2.24) is 15.2 Å². The van der Waals surface area contributed by atoms with Gasteiger partial charge >= 0.3 is 0 Å². The van der Waals surface area contributed by atoms with Crippen LogP contribution >= 0.6 is 0 Å². The van der Waals surface area contributed by atoms with E-state index < -0.39 is 30.0 Å². The van der Waals surface area contributed by atoms with Gasteiger partial charge in [-0.1, -0.05) is 12.1 Å². The van der Waals surface area contributed by atoms with Crippen molar-refractivity contribution < 1.29 is 23.0 Å². The molecule has 3 aromatic rings. The van der Waals surface area contributed by atoms with Crippen LogP contribution in [0.3, 0.4) is 0 Å². The zero-order valence-corrected chi connectivity index (χ0v) is 19.2. The zero-order chi connectivity index (χ0) is 24.7. The van der Waals surface area contributed by atoms with E-state index in [1.807, 2.05) is 6.07 Å². The minimum atomic E-state index is -3.69. The van der Waals surface area contributed by atoms with Crippen LogP contribution in [0, 0.1) is 5.82 Å². The third-order valence-electron chi connectivity index (χ3n) is 6.85. The van der Waals surface area contributed by atoms with Gasteiger partial charge < -0.3 is 25.8 Å². The number of benzene rings is 1. The van der Waals surface area contributed by atoms with E-state index in [1.54, 1.807) is 13.1 Å². The summed E-state index contributed by atoms with van der Waals surface area (Å²) in [5, 5.41) is 21.2. The van der Waals surface area contributed by atoms with Gasteiger partial charge in [-0.2, -0.15) is 8.78 Å². The number of nitrogens with zero attached hydrogens (tertiary/aromatic N) is 4. The molecule has 2 aliphatic rings. The molecular formula is C24H27F3N6O2. The number of morpholine rings is 1. The zero-order valence-electron chi connectivity index (χ0n) is 19.2. The molecule has 2 aliphatic heterocycles. The number of ether oxygens (including phenoxy) is 1. The normalized spacial score (nSPS) is 20.9. The van der Waals surface area contributed by atoms with E-state index in [1.165, 1.54) is 12.1 Å². The number of aromatic nitrogens is 3. The summed E-state index contributed by atoms with van der Waals surface area (Å²) < 4.78 is 48.8. The number of fused-ring (bicyclic) bond motifs is 3. The molecule has 35 heavy (non-hydrogen) atoms. The molecule has 5 rings (SSSR count). The lowest BCUT2D eigenvalue weighted by molar-refractivity contribution is -0.0583. The van der Waals surface area contributed by atoms with Gasteiger partial charge in [-0.25, -0.2) is 4.39 Å². The number of hydrogen-bond acceptors (Lipinski definition) is 8. The molecule has 3 atom stereocenters. The minimum absolute atomic E-state index is 0.0174. The molecule has 0 spiro atoms. The lowest BCUT2D eigenvalue weighted by Gasteiger charge is -2.36. The van der Waals surface area contributed by atoms with Crippen LogP contribution in [-0.4, -0.2) is 52.2 Å². The molecule has 0 amide bonds. The molecular weight excluding hydrogens is 461 g/mol. The molecule has 0 aliphatic carbocycles. The third kappa shape index (κ3) is 4.17. The first kappa shape index (κ1) is 23.7. The number of pyridine rings is 1. The van der Waals surface area contributed by atoms with Crippen molar-refractivity contribution in [3.8, 4) is 0 Å². The largest absolute Gasteiger partial charge is 0.390 e. The second-order valence-corrected chi connectivity index (χ2v) is 9.06. The lowest BCUT2D eigenvalue weighted by Crippen LogP contribution is -2.46. The summed E-state index contributed by atoms with van der Waals surface area (Å²) in [5.41, 5.74) is 7.03. The Balaban J connectivity index is 1.53. The van der Waals surface area contributed by atoms with Gasteiger partial charge in [0.25, 0.3) is 5.92 Å². The van der Waals surface area contributed by atoms with Crippen LogP contribution in [0.15, 0.2) is 30.5 Å². The Labute approximate surface area is 200 Å². The number of halogens is 3. The molecule has 8 nitrogen and oxygen atoms in total. The van der Waals surface area contributed by atoms with Crippen LogP contribution < -0.4 is 16.0 Å². The first-order valence-corrected chi connectivity index (χ1v) is 11.6. The molecule has 1 aromatic carbocycles. The maximum atomic E-state index is 15.0. The summed E-state index contributed by atoms with van der Waals surface area (Å²) >= 11 is 0. The van der Waals surface area contributed by atoms with Gasteiger partial charge in [-0.15, -0.1) is 10.2 Å². The summed E-state index contributed by atoms with van der Waals surface area (Å²) in [6.07, 6.45) is 3.89. The molecule has 2 bridgehead atoms. The molecule has 11 heteroatoms. The predicted molar refractivity (Wildman–Crippen MR) is 125 cm³/mol. The average Bonchev–Trinajstić information content (AvgIpc) is 3.11. The molecule has 2 fully saturated rings. The Morgan fingerprint density at radius 3 is 2.69 bits per heavy atom. The van der Waals surface area contributed by atoms with E-state index in [4.69, 9.17) is 15.6 Å². The Hall–Kier alpha value is -3.02. The number of nitrogens with two attached hydrogens (primary N) is 1.